The van der Waals surface area contributed by atoms with Crippen molar-refractivity contribution in [3.05, 3.63) is 76.4 Å². The maximum Gasteiger partial charge on any atom is 0.408 e. The van der Waals surface area contributed by atoms with E-state index in [9.17, 15) is 14.7 Å². The second kappa shape index (κ2) is 10.5. The molecule has 2 N–H and O–H groups in total. The molecule has 2 amide bonds. The molecule has 0 radical (unpaired) electrons. The Balaban J connectivity index is 1.55. The van der Waals surface area contributed by atoms with Crippen molar-refractivity contribution in [3.8, 4) is 0 Å². The number of rotatable bonds is 4. The average molecular weight is 475 g/mol. The van der Waals surface area contributed by atoms with Crippen molar-refractivity contribution in [2.24, 2.45) is 0 Å². The van der Waals surface area contributed by atoms with Crippen molar-refractivity contribution in [2.45, 2.75) is 51.7 Å². The summed E-state index contributed by atoms with van der Waals surface area (Å²) in [5, 5.41) is 12.1. The molecule has 4 rings (SSSR count). The molecule has 1 heterocycles. The molecule has 0 bridgehead atoms. The van der Waals surface area contributed by atoms with Crippen molar-refractivity contribution in [1.82, 2.24) is 10.2 Å². The number of hydrogen-bond acceptors (Lipinski definition) is 4. The summed E-state index contributed by atoms with van der Waals surface area (Å²) in [6.07, 6.45) is 5.34. The number of fused-ring (bicyclic) bond motifs is 2. The molecule has 2 aromatic carbocycles. The minimum atomic E-state index is -0.812. The first-order valence-corrected chi connectivity index (χ1v) is 12.2. The fraction of sp³-hybridized carbons (Fsp3) is 0.379. The highest BCUT2D eigenvalue weighted by Crippen LogP contribution is 2.38. The van der Waals surface area contributed by atoms with Gasteiger partial charge in [-0.3, -0.25) is 4.79 Å². The third-order valence-corrected chi connectivity index (χ3v) is 6.34. The van der Waals surface area contributed by atoms with Gasteiger partial charge in [0.05, 0.1) is 0 Å². The number of carbonyl (C=O) groups is 2. The van der Waals surface area contributed by atoms with Crippen molar-refractivity contribution in [2.75, 3.05) is 19.7 Å². The molecular formula is C29H34N2O4. The second-order valence-electron chi connectivity index (χ2n) is 10.0. The zero-order chi connectivity index (χ0) is 25.0. The van der Waals surface area contributed by atoms with Gasteiger partial charge in [0, 0.05) is 19.7 Å². The van der Waals surface area contributed by atoms with E-state index in [1.165, 1.54) is 33.4 Å². The van der Waals surface area contributed by atoms with Crippen molar-refractivity contribution in [3.63, 3.8) is 0 Å². The Morgan fingerprint density at radius 3 is 2.03 bits per heavy atom. The molecule has 0 unspecified atom stereocenters. The SMILES string of the molecule is CC(C)(C)OC(=O)N[C@@H](CCO)C(=O)N1CCC(=C2c3ccccc3C=Cc3ccccc32)CC1. The molecule has 184 valence electrons. The number of piperidine rings is 1. The summed E-state index contributed by atoms with van der Waals surface area (Å²) in [6.45, 7) is 6.24. The van der Waals surface area contributed by atoms with Crippen LogP contribution in [0.2, 0.25) is 0 Å². The van der Waals surface area contributed by atoms with Crippen LogP contribution in [0.1, 0.15) is 62.3 Å². The zero-order valence-electron chi connectivity index (χ0n) is 20.7. The van der Waals surface area contributed by atoms with E-state index in [0.29, 0.717) is 13.1 Å². The molecule has 1 aliphatic carbocycles. The van der Waals surface area contributed by atoms with E-state index >= 15 is 0 Å². The van der Waals surface area contributed by atoms with Crippen molar-refractivity contribution >= 4 is 29.7 Å². The summed E-state index contributed by atoms with van der Waals surface area (Å²) in [7, 11) is 0. The molecule has 2 aromatic rings. The lowest BCUT2D eigenvalue weighted by Gasteiger charge is -2.33. The average Bonchev–Trinajstić information content (AvgIpc) is 2.99. The van der Waals surface area contributed by atoms with Crippen LogP contribution in [0.15, 0.2) is 54.1 Å². The number of alkyl carbamates (subject to hydrolysis) is 1. The third-order valence-electron chi connectivity index (χ3n) is 6.34. The summed E-state index contributed by atoms with van der Waals surface area (Å²) in [5.41, 5.74) is 6.73. The summed E-state index contributed by atoms with van der Waals surface area (Å²) < 4.78 is 5.31. The highest BCUT2D eigenvalue weighted by Gasteiger charge is 2.30. The van der Waals surface area contributed by atoms with Crippen LogP contribution in [0.3, 0.4) is 0 Å². The minimum absolute atomic E-state index is 0.148. The predicted octanol–water partition coefficient (Wildman–Crippen LogP) is 4.87. The monoisotopic (exact) mass is 474 g/mol. The molecule has 1 aliphatic heterocycles. The number of likely N-dealkylation sites (tertiary alicyclic amines) is 1. The molecule has 0 aromatic heterocycles. The van der Waals surface area contributed by atoms with Crippen molar-refractivity contribution in [1.29, 1.82) is 0 Å². The van der Waals surface area contributed by atoms with Gasteiger partial charge in [-0.2, -0.15) is 0 Å². The molecule has 6 heteroatoms. The van der Waals surface area contributed by atoms with E-state index in [1.807, 2.05) is 0 Å². The standard InChI is InChI=1S/C29H34N2O4/c1-29(2,3)35-28(34)30-25(16-19-32)27(33)31-17-14-22(15-18-31)26-23-10-6-4-8-20(23)12-13-21-9-5-7-11-24(21)26/h4-13,25,32H,14-19H2,1-3H3,(H,30,34)/t25-/m0/s1. The van der Waals surface area contributed by atoms with Crippen molar-refractivity contribution < 1.29 is 19.4 Å². The van der Waals surface area contributed by atoms with Crippen LogP contribution in [0.25, 0.3) is 17.7 Å². The largest absolute Gasteiger partial charge is 0.444 e. The summed E-state index contributed by atoms with van der Waals surface area (Å²) in [5.74, 6) is -0.183. The summed E-state index contributed by atoms with van der Waals surface area (Å²) in [6, 6.07) is 16.1. The molecule has 6 nitrogen and oxygen atoms in total. The molecule has 35 heavy (non-hydrogen) atoms. The molecular weight excluding hydrogens is 440 g/mol. The normalized spacial score (nSPS) is 16.2. The van der Waals surface area contributed by atoms with Gasteiger partial charge in [-0.1, -0.05) is 66.3 Å². The van der Waals surface area contributed by atoms with E-state index in [4.69, 9.17) is 4.74 Å². The number of nitrogens with zero attached hydrogens (tertiary/aromatic N) is 1. The van der Waals surface area contributed by atoms with Crippen LogP contribution in [-0.4, -0.2) is 53.3 Å². The third kappa shape index (κ3) is 5.82. The Kier molecular flexibility index (Phi) is 7.41. The van der Waals surface area contributed by atoms with Gasteiger partial charge in [-0.05, 0) is 67.9 Å². The molecule has 1 saturated heterocycles. The van der Waals surface area contributed by atoms with Crippen LogP contribution in [0, 0.1) is 0 Å². The first kappa shape index (κ1) is 24.7. The second-order valence-corrected chi connectivity index (χ2v) is 10.0. The van der Waals surface area contributed by atoms with E-state index in [0.717, 1.165) is 12.8 Å². The molecule has 2 aliphatic rings. The number of hydrogen-bond donors (Lipinski definition) is 2. The van der Waals surface area contributed by atoms with Gasteiger partial charge in [0.15, 0.2) is 0 Å². The predicted molar refractivity (Wildman–Crippen MR) is 139 cm³/mol. The molecule has 0 spiro atoms. The fourth-order valence-corrected chi connectivity index (χ4v) is 4.75. The Labute approximate surface area is 207 Å². The number of benzene rings is 2. The zero-order valence-corrected chi connectivity index (χ0v) is 20.7. The Hall–Kier alpha value is -3.38. The summed E-state index contributed by atoms with van der Waals surface area (Å²) >= 11 is 0. The van der Waals surface area contributed by atoms with Crippen LogP contribution in [0.5, 0.6) is 0 Å². The van der Waals surface area contributed by atoms with E-state index in [-0.39, 0.29) is 18.9 Å². The van der Waals surface area contributed by atoms with Crippen LogP contribution >= 0.6 is 0 Å². The highest BCUT2D eigenvalue weighted by atomic mass is 16.6. The Bertz CT molecular complexity index is 1100. The van der Waals surface area contributed by atoms with E-state index < -0.39 is 17.7 Å². The van der Waals surface area contributed by atoms with Gasteiger partial charge in [0.2, 0.25) is 5.91 Å². The smallest absolute Gasteiger partial charge is 0.408 e. The molecule has 1 atom stereocenters. The van der Waals surface area contributed by atoms with Gasteiger partial charge in [0.25, 0.3) is 0 Å². The quantitative estimate of drug-likeness (QED) is 0.565. The molecule has 0 saturated carbocycles. The minimum Gasteiger partial charge on any atom is -0.444 e. The number of aliphatic hydroxyl groups excluding tert-OH is 1. The van der Waals surface area contributed by atoms with Crippen LogP contribution < -0.4 is 5.32 Å². The highest BCUT2D eigenvalue weighted by molar-refractivity contribution is 5.95. The number of nitrogens with one attached hydrogen (secondary N) is 1. The van der Waals surface area contributed by atoms with Gasteiger partial charge in [-0.25, -0.2) is 4.79 Å². The van der Waals surface area contributed by atoms with Crippen LogP contribution in [0.4, 0.5) is 4.79 Å². The fourth-order valence-electron chi connectivity index (χ4n) is 4.75. The lowest BCUT2D eigenvalue weighted by molar-refractivity contribution is -0.134. The Morgan fingerprint density at radius 1 is 0.971 bits per heavy atom. The van der Waals surface area contributed by atoms with Crippen LogP contribution in [-0.2, 0) is 9.53 Å². The Morgan fingerprint density at radius 2 is 1.51 bits per heavy atom. The van der Waals surface area contributed by atoms with Gasteiger partial charge >= 0.3 is 6.09 Å². The van der Waals surface area contributed by atoms with Gasteiger partial charge in [-0.15, -0.1) is 0 Å². The maximum absolute atomic E-state index is 13.2. The first-order chi connectivity index (χ1) is 16.8. The van der Waals surface area contributed by atoms with E-state index in [2.05, 4.69) is 66.0 Å². The number of amides is 2. The van der Waals surface area contributed by atoms with E-state index in [1.54, 1.807) is 25.7 Å². The van der Waals surface area contributed by atoms with Gasteiger partial charge < -0.3 is 20.1 Å². The number of aliphatic hydroxyl groups is 1. The summed E-state index contributed by atoms with van der Waals surface area (Å²) in [4.78, 5) is 27.3. The number of carbonyl (C=O) groups excluding carboxylic acids is 2. The molecule has 1 fully saturated rings. The maximum atomic E-state index is 13.2. The van der Waals surface area contributed by atoms with Gasteiger partial charge in [0.1, 0.15) is 11.6 Å². The lowest BCUT2D eigenvalue weighted by atomic mass is 9.86. The topological polar surface area (TPSA) is 78.9 Å². The number of ether oxygens (including phenoxy) is 1. The first-order valence-electron chi connectivity index (χ1n) is 12.2. The lowest BCUT2D eigenvalue weighted by Crippen LogP contribution is -2.51.